The number of nitrogens with two attached hydrogens (primary N) is 1. The summed E-state index contributed by atoms with van der Waals surface area (Å²) >= 11 is 0. The highest BCUT2D eigenvalue weighted by molar-refractivity contribution is 5.95. The predicted octanol–water partition coefficient (Wildman–Crippen LogP) is 1.65. The highest BCUT2D eigenvalue weighted by Crippen LogP contribution is 2.16. The van der Waals surface area contributed by atoms with Crippen molar-refractivity contribution in [2.24, 2.45) is 5.84 Å². The van der Waals surface area contributed by atoms with E-state index >= 15 is 0 Å². The van der Waals surface area contributed by atoms with Crippen molar-refractivity contribution in [2.75, 3.05) is 26.2 Å². The number of piperazine rings is 1. The molecule has 25 heavy (non-hydrogen) atoms. The quantitative estimate of drug-likeness (QED) is 0.493. The van der Waals surface area contributed by atoms with Gasteiger partial charge in [-0.15, -0.1) is 0 Å². The molecule has 1 aromatic carbocycles. The van der Waals surface area contributed by atoms with Crippen LogP contribution in [0, 0.1) is 6.92 Å². The molecule has 0 atom stereocenters. The van der Waals surface area contributed by atoms with Gasteiger partial charge in [-0.2, -0.15) is 0 Å². The molecule has 0 aliphatic carbocycles. The van der Waals surface area contributed by atoms with Gasteiger partial charge in [-0.05, 0) is 44.9 Å². The van der Waals surface area contributed by atoms with Crippen molar-refractivity contribution in [1.29, 1.82) is 0 Å². The Morgan fingerprint density at radius 3 is 2.40 bits per heavy atom. The van der Waals surface area contributed by atoms with Gasteiger partial charge in [0.15, 0.2) is 0 Å². The first-order chi connectivity index (χ1) is 11.7. The van der Waals surface area contributed by atoms with Gasteiger partial charge < -0.3 is 9.64 Å². The van der Waals surface area contributed by atoms with Crippen molar-refractivity contribution in [3.63, 3.8) is 0 Å². The zero-order valence-electron chi connectivity index (χ0n) is 15.5. The molecule has 0 aromatic heterocycles. The van der Waals surface area contributed by atoms with Crippen molar-refractivity contribution in [3.8, 4) is 0 Å². The molecular formula is C18H28N4O3. The first-order valence-corrected chi connectivity index (χ1v) is 8.50. The van der Waals surface area contributed by atoms with Gasteiger partial charge in [-0.1, -0.05) is 12.1 Å². The number of hydrogen-bond donors (Lipinski definition) is 2. The second-order valence-electron chi connectivity index (χ2n) is 7.37. The van der Waals surface area contributed by atoms with E-state index in [4.69, 9.17) is 10.6 Å². The zero-order chi connectivity index (χ0) is 18.6. The molecule has 1 saturated heterocycles. The van der Waals surface area contributed by atoms with Crippen LogP contribution >= 0.6 is 0 Å². The average Bonchev–Trinajstić information content (AvgIpc) is 2.55. The van der Waals surface area contributed by atoms with Crippen LogP contribution in [-0.4, -0.2) is 53.6 Å². The Bertz CT molecular complexity index is 632. The summed E-state index contributed by atoms with van der Waals surface area (Å²) in [5.74, 6) is 4.95. The van der Waals surface area contributed by atoms with E-state index in [0.29, 0.717) is 18.7 Å². The average molecular weight is 348 g/mol. The molecule has 0 saturated carbocycles. The molecule has 2 amide bonds. The first kappa shape index (κ1) is 19.2. The third-order valence-corrected chi connectivity index (χ3v) is 4.11. The van der Waals surface area contributed by atoms with E-state index < -0.39 is 5.60 Å². The molecule has 0 bridgehead atoms. The molecule has 2 rings (SSSR count). The second kappa shape index (κ2) is 7.84. The summed E-state index contributed by atoms with van der Waals surface area (Å²) < 4.78 is 5.41. The Labute approximate surface area is 149 Å². The second-order valence-corrected chi connectivity index (χ2v) is 7.37. The lowest BCUT2D eigenvalue weighted by Crippen LogP contribution is -2.49. The van der Waals surface area contributed by atoms with Crippen LogP contribution in [-0.2, 0) is 11.3 Å². The van der Waals surface area contributed by atoms with E-state index in [1.807, 2.05) is 45.9 Å². The Balaban J connectivity index is 1.92. The Hall–Kier alpha value is -2.12. The van der Waals surface area contributed by atoms with E-state index in [0.717, 1.165) is 30.8 Å². The van der Waals surface area contributed by atoms with Crippen molar-refractivity contribution in [2.45, 2.75) is 39.8 Å². The summed E-state index contributed by atoms with van der Waals surface area (Å²) in [7, 11) is 0. The number of nitrogens with one attached hydrogen (secondary N) is 1. The third kappa shape index (κ3) is 5.44. The monoisotopic (exact) mass is 348 g/mol. The maximum Gasteiger partial charge on any atom is 0.410 e. The Morgan fingerprint density at radius 1 is 1.20 bits per heavy atom. The molecule has 1 aliphatic rings. The molecule has 0 unspecified atom stereocenters. The Morgan fingerprint density at radius 2 is 1.84 bits per heavy atom. The molecule has 1 aromatic rings. The minimum atomic E-state index is -0.476. The molecule has 1 aliphatic heterocycles. The molecule has 0 spiro atoms. The highest BCUT2D eigenvalue weighted by atomic mass is 16.6. The topological polar surface area (TPSA) is 87.9 Å². The predicted molar refractivity (Wildman–Crippen MR) is 95.9 cm³/mol. The van der Waals surface area contributed by atoms with Gasteiger partial charge in [0.2, 0.25) is 0 Å². The molecule has 1 fully saturated rings. The summed E-state index contributed by atoms with van der Waals surface area (Å²) in [5, 5.41) is 0. The van der Waals surface area contributed by atoms with Gasteiger partial charge in [0.05, 0.1) is 0 Å². The van der Waals surface area contributed by atoms with Crippen molar-refractivity contribution < 1.29 is 14.3 Å². The molecule has 3 N–H and O–H groups in total. The van der Waals surface area contributed by atoms with Gasteiger partial charge in [-0.3, -0.25) is 15.1 Å². The fourth-order valence-electron chi connectivity index (χ4n) is 2.76. The van der Waals surface area contributed by atoms with Gasteiger partial charge in [0, 0.05) is 38.3 Å². The van der Waals surface area contributed by atoms with E-state index in [1.54, 1.807) is 4.90 Å². The first-order valence-electron chi connectivity index (χ1n) is 8.50. The zero-order valence-corrected chi connectivity index (χ0v) is 15.5. The summed E-state index contributed by atoms with van der Waals surface area (Å²) in [5.41, 5.74) is 4.23. The van der Waals surface area contributed by atoms with E-state index in [9.17, 15) is 9.59 Å². The van der Waals surface area contributed by atoms with Gasteiger partial charge in [0.1, 0.15) is 5.60 Å². The number of amides is 2. The normalized spacial score (nSPS) is 15.8. The number of hydrogen-bond acceptors (Lipinski definition) is 5. The van der Waals surface area contributed by atoms with Crippen molar-refractivity contribution >= 4 is 12.0 Å². The van der Waals surface area contributed by atoms with Crippen molar-refractivity contribution in [3.05, 3.63) is 34.9 Å². The van der Waals surface area contributed by atoms with Crippen LogP contribution in [0.25, 0.3) is 0 Å². The number of nitrogens with zero attached hydrogens (tertiary/aromatic N) is 2. The van der Waals surface area contributed by atoms with Gasteiger partial charge >= 0.3 is 6.09 Å². The maximum atomic E-state index is 12.1. The summed E-state index contributed by atoms with van der Waals surface area (Å²) in [6.45, 7) is 11.0. The van der Waals surface area contributed by atoms with Crippen LogP contribution < -0.4 is 11.3 Å². The SMILES string of the molecule is Cc1ccc(CN2CCN(C(=O)OC(C)(C)C)CC2)cc1C(=O)NN. The number of ether oxygens (including phenoxy) is 1. The summed E-state index contributed by atoms with van der Waals surface area (Å²) in [4.78, 5) is 27.9. The third-order valence-electron chi connectivity index (χ3n) is 4.11. The highest BCUT2D eigenvalue weighted by Gasteiger charge is 2.25. The van der Waals surface area contributed by atoms with Crippen LogP contribution in [0.1, 0.15) is 42.3 Å². The number of carbonyl (C=O) groups excluding carboxylic acids is 2. The molecule has 7 heteroatoms. The van der Waals surface area contributed by atoms with Gasteiger partial charge in [-0.25, -0.2) is 10.6 Å². The molecule has 0 radical (unpaired) electrons. The largest absolute Gasteiger partial charge is 0.444 e. The smallest absolute Gasteiger partial charge is 0.410 e. The van der Waals surface area contributed by atoms with Gasteiger partial charge in [0.25, 0.3) is 5.91 Å². The standard InChI is InChI=1S/C18H28N4O3/c1-13-5-6-14(11-15(13)16(23)20-19)12-21-7-9-22(10-8-21)17(24)25-18(2,3)4/h5-6,11H,7-10,12,19H2,1-4H3,(H,20,23). The fourth-order valence-corrected chi connectivity index (χ4v) is 2.76. The van der Waals surface area contributed by atoms with Crippen LogP contribution in [0.2, 0.25) is 0 Å². The lowest BCUT2D eigenvalue weighted by molar-refractivity contribution is 0.0139. The number of rotatable bonds is 3. The summed E-state index contributed by atoms with van der Waals surface area (Å²) in [6.07, 6.45) is -0.260. The fraction of sp³-hybridized carbons (Fsp3) is 0.556. The number of nitrogen functional groups attached to an aromatic ring is 1. The summed E-state index contributed by atoms with van der Waals surface area (Å²) in [6, 6.07) is 5.82. The van der Waals surface area contributed by atoms with E-state index in [-0.39, 0.29) is 12.0 Å². The maximum absolute atomic E-state index is 12.1. The van der Waals surface area contributed by atoms with Crippen LogP contribution in [0.4, 0.5) is 4.79 Å². The molecule has 138 valence electrons. The molecule has 1 heterocycles. The number of hydrazine groups is 1. The number of carbonyl (C=O) groups is 2. The number of aryl methyl sites for hydroxylation is 1. The lowest BCUT2D eigenvalue weighted by Gasteiger charge is -2.35. The van der Waals surface area contributed by atoms with E-state index in [1.165, 1.54) is 0 Å². The number of benzene rings is 1. The van der Waals surface area contributed by atoms with Crippen LogP contribution in [0.15, 0.2) is 18.2 Å². The lowest BCUT2D eigenvalue weighted by atomic mass is 10.0. The van der Waals surface area contributed by atoms with Crippen LogP contribution in [0.5, 0.6) is 0 Å². The minimum Gasteiger partial charge on any atom is -0.444 e. The molecule has 7 nitrogen and oxygen atoms in total. The molecular weight excluding hydrogens is 320 g/mol. The van der Waals surface area contributed by atoms with Crippen LogP contribution in [0.3, 0.4) is 0 Å². The van der Waals surface area contributed by atoms with E-state index in [2.05, 4.69) is 10.3 Å². The minimum absolute atomic E-state index is 0.260. The van der Waals surface area contributed by atoms with Crippen molar-refractivity contribution in [1.82, 2.24) is 15.2 Å². The Kier molecular flexibility index (Phi) is 6.02.